The summed E-state index contributed by atoms with van der Waals surface area (Å²) in [6.07, 6.45) is 0.972. The summed E-state index contributed by atoms with van der Waals surface area (Å²) >= 11 is 0. The number of rotatable bonds is 4. The highest BCUT2D eigenvalue weighted by atomic mass is 16.3. The van der Waals surface area contributed by atoms with Crippen molar-refractivity contribution >= 4 is 28.9 Å². The van der Waals surface area contributed by atoms with Crippen molar-refractivity contribution < 1.29 is 20.1 Å². The topological polar surface area (TPSA) is 98.8 Å². The molecule has 0 amide bonds. The monoisotopic (exact) mass is 531 g/mol. The van der Waals surface area contributed by atoms with Gasteiger partial charge in [-0.05, 0) is 88.4 Å². The maximum atomic E-state index is 9.61. The molecule has 0 unspecified atom stereocenters. The van der Waals surface area contributed by atoms with Gasteiger partial charge in [0.2, 0.25) is 0 Å². The Morgan fingerprint density at radius 3 is 2.21 bits per heavy atom. The maximum absolute atomic E-state index is 9.61. The van der Waals surface area contributed by atoms with Gasteiger partial charge in [0.15, 0.2) is 0 Å². The second kappa shape index (κ2) is 12.5. The number of carboxylic acid groups (broad SMARTS) is 1. The van der Waals surface area contributed by atoms with Gasteiger partial charge < -0.3 is 24.8 Å². The molecule has 2 aromatic heterocycles. The van der Waals surface area contributed by atoms with Crippen LogP contribution in [0.15, 0.2) is 48.5 Å². The third-order valence-corrected chi connectivity index (χ3v) is 6.65. The summed E-state index contributed by atoms with van der Waals surface area (Å²) in [5.41, 5.74) is 10.7. The van der Waals surface area contributed by atoms with E-state index in [2.05, 4.69) is 73.6 Å². The van der Waals surface area contributed by atoms with Crippen molar-refractivity contribution in [2.75, 3.05) is 11.4 Å². The first-order chi connectivity index (χ1) is 18.4. The molecule has 1 aliphatic heterocycles. The quantitative estimate of drug-likeness (QED) is 0.267. The Bertz CT molecular complexity index is 1430. The van der Waals surface area contributed by atoms with Gasteiger partial charge in [-0.2, -0.15) is 0 Å². The summed E-state index contributed by atoms with van der Waals surface area (Å²) in [6.45, 7) is 15.6. The fraction of sp³-hybridized carbons (Fsp3) is 0.375. The van der Waals surface area contributed by atoms with Crippen molar-refractivity contribution in [2.24, 2.45) is 0 Å². The smallest absolute Gasteiger partial charge is 0.290 e. The molecule has 0 saturated carbocycles. The molecular formula is C32H41N3O4. The SMILES string of the molecule is CC(C)(C)O.CCc1c(C)c2c3c(cc(C)n3CCN2c2cccc(CO)n2)c1-c1ccc(C)cc1.O=CO. The van der Waals surface area contributed by atoms with E-state index < -0.39 is 5.60 Å². The lowest BCUT2D eigenvalue weighted by Gasteiger charge is -2.34. The number of hydrogen-bond donors (Lipinski definition) is 3. The minimum Gasteiger partial charge on any atom is -0.483 e. The lowest BCUT2D eigenvalue weighted by Crippen LogP contribution is -2.29. The summed E-state index contributed by atoms with van der Waals surface area (Å²) < 4.78 is 2.46. The van der Waals surface area contributed by atoms with Gasteiger partial charge in [0.1, 0.15) is 5.82 Å². The van der Waals surface area contributed by atoms with Gasteiger partial charge in [-0.1, -0.05) is 42.8 Å². The van der Waals surface area contributed by atoms with Gasteiger partial charge in [-0.15, -0.1) is 0 Å². The molecule has 4 aromatic rings. The predicted octanol–water partition coefficient (Wildman–Crippen LogP) is 6.31. The van der Waals surface area contributed by atoms with Gasteiger partial charge in [-0.3, -0.25) is 4.79 Å². The Labute approximate surface area is 231 Å². The van der Waals surface area contributed by atoms with Crippen molar-refractivity contribution in [1.29, 1.82) is 0 Å². The molecule has 2 aromatic carbocycles. The van der Waals surface area contributed by atoms with Gasteiger partial charge in [0, 0.05) is 24.2 Å². The van der Waals surface area contributed by atoms with Crippen molar-refractivity contribution in [2.45, 2.75) is 73.6 Å². The van der Waals surface area contributed by atoms with Crippen LogP contribution in [0.1, 0.15) is 55.8 Å². The van der Waals surface area contributed by atoms with E-state index in [1.807, 2.05) is 12.1 Å². The molecule has 208 valence electrons. The van der Waals surface area contributed by atoms with Crippen molar-refractivity contribution in [3.05, 3.63) is 76.6 Å². The van der Waals surface area contributed by atoms with E-state index in [1.165, 1.54) is 50.1 Å². The lowest BCUT2D eigenvalue weighted by atomic mass is 9.88. The number of pyridine rings is 1. The summed E-state index contributed by atoms with van der Waals surface area (Å²) in [6, 6.07) is 17.2. The molecule has 5 rings (SSSR count). The van der Waals surface area contributed by atoms with E-state index in [0.29, 0.717) is 5.69 Å². The second-order valence-corrected chi connectivity index (χ2v) is 10.8. The van der Waals surface area contributed by atoms with E-state index in [0.717, 1.165) is 25.3 Å². The largest absolute Gasteiger partial charge is 0.483 e. The molecule has 0 bridgehead atoms. The first-order valence-electron chi connectivity index (χ1n) is 13.3. The predicted molar refractivity (Wildman–Crippen MR) is 159 cm³/mol. The second-order valence-electron chi connectivity index (χ2n) is 10.8. The molecule has 0 spiro atoms. The number of aryl methyl sites for hydroxylation is 2. The normalized spacial score (nSPS) is 12.4. The van der Waals surface area contributed by atoms with Crippen LogP contribution in [0.25, 0.3) is 22.0 Å². The molecular weight excluding hydrogens is 490 g/mol. The highest BCUT2D eigenvalue weighted by Gasteiger charge is 2.28. The number of hydrogen-bond acceptors (Lipinski definition) is 5. The van der Waals surface area contributed by atoms with Crippen LogP contribution < -0.4 is 4.90 Å². The van der Waals surface area contributed by atoms with Crippen LogP contribution in [0, 0.1) is 20.8 Å². The molecule has 0 radical (unpaired) electrons. The Morgan fingerprint density at radius 2 is 1.64 bits per heavy atom. The molecule has 0 saturated heterocycles. The van der Waals surface area contributed by atoms with Crippen LogP contribution in [-0.2, 0) is 24.4 Å². The van der Waals surface area contributed by atoms with Crippen molar-refractivity contribution in [3.63, 3.8) is 0 Å². The Hall–Kier alpha value is -3.68. The number of nitrogens with zero attached hydrogens (tertiary/aromatic N) is 3. The first-order valence-corrected chi connectivity index (χ1v) is 13.3. The number of aliphatic hydroxyl groups is 2. The highest BCUT2D eigenvalue weighted by molar-refractivity contribution is 6.07. The molecule has 39 heavy (non-hydrogen) atoms. The van der Waals surface area contributed by atoms with E-state index in [4.69, 9.17) is 20.0 Å². The van der Waals surface area contributed by atoms with Gasteiger partial charge in [0.05, 0.1) is 29.1 Å². The number of aliphatic hydroxyl groups excluding tert-OH is 1. The van der Waals surface area contributed by atoms with E-state index in [-0.39, 0.29) is 13.1 Å². The van der Waals surface area contributed by atoms with Crippen LogP contribution in [-0.4, -0.2) is 43.5 Å². The fourth-order valence-corrected chi connectivity index (χ4v) is 5.15. The average molecular weight is 532 g/mol. The van der Waals surface area contributed by atoms with Crippen LogP contribution in [0.3, 0.4) is 0 Å². The van der Waals surface area contributed by atoms with Crippen molar-refractivity contribution in [1.82, 2.24) is 9.55 Å². The number of benzene rings is 2. The van der Waals surface area contributed by atoms with E-state index in [1.54, 1.807) is 20.8 Å². The Kier molecular flexibility index (Phi) is 9.54. The molecule has 1 aliphatic rings. The molecule has 3 N–H and O–H groups in total. The molecule has 0 aliphatic carbocycles. The zero-order chi connectivity index (χ0) is 28.9. The van der Waals surface area contributed by atoms with E-state index in [9.17, 15) is 5.11 Å². The minimum atomic E-state index is -0.500. The molecule has 0 fully saturated rings. The standard InChI is InChI=1S/C27H29N3O.C4H10O.CH2O2/c1-5-22-19(4)26-27-23(25(22)20-11-9-17(2)10-12-20)15-18(3)29(27)13-14-30(26)24-8-6-7-21(16-31)28-24;1-4(2,3)5;2-1-3/h6-12,15,31H,5,13-14,16H2,1-4H3;5H,1-3H3;1H,(H,2,3). The lowest BCUT2D eigenvalue weighted by molar-refractivity contribution is -0.122. The van der Waals surface area contributed by atoms with Crippen LogP contribution in [0.2, 0.25) is 0 Å². The fourth-order valence-electron chi connectivity index (χ4n) is 5.15. The third-order valence-electron chi connectivity index (χ3n) is 6.65. The number of aromatic nitrogens is 2. The molecule has 3 heterocycles. The van der Waals surface area contributed by atoms with Crippen LogP contribution >= 0.6 is 0 Å². The van der Waals surface area contributed by atoms with Crippen LogP contribution in [0.4, 0.5) is 11.5 Å². The van der Waals surface area contributed by atoms with Gasteiger partial charge in [0.25, 0.3) is 6.47 Å². The number of carbonyl (C=O) groups is 1. The highest BCUT2D eigenvalue weighted by Crippen LogP contribution is 2.46. The van der Waals surface area contributed by atoms with Crippen LogP contribution in [0.5, 0.6) is 0 Å². The molecule has 7 heteroatoms. The molecule has 0 atom stereocenters. The van der Waals surface area contributed by atoms with E-state index >= 15 is 0 Å². The zero-order valence-corrected chi connectivity index (χ0v) is 24.1. The first kappa shape index (κ1) is 29.9. The summed E-state index contributed by atoms with van der Waals surface area (Å²) in [7, 11) is 0. The third kappa shape index (κ3) is 6.67. The van der Waals surface area contributed by atoms with Gasteiger partial charge in [-0.25, -0.2) is 4.98 Å². The van der Waals surface area contributed by atoms with Gasteiger partial charge >= 0.3 is 0 Å². The van der Waals surface area contributed by atoms with Crippen molar-refractivity contribution in [3.8, 4) is 11.1 Å². The average Bonchev–Trinajstić information content (AvgIpc) is 3.22. The number of anilines is 2. The molecule has 7 nitrogen and oxygen atoms in total. The Balaban J connectivity index is 0.000000466. The Morgan fingerprint density at radius 1 is 1.03 bits per heavy atom. The summed E-state index contributed by atoms with van der Waals surface area (Å²) in [5.74, 6) is 0.909. The summed E-state index contributed by atoms with van der Waals surface area (Å²) in [5, 5.41) is 26.3. The zero-order valence-electron chi connectivity index (χ0n) is 24.1. The minimum absolute atomic E-state index is 0.0435. The summed E-state index contributed by atoms with van der Waals surface area (Å²) in [4.78, 5) is 15.4. The maximum Gasteiger partial charge on any atom is 0.290 e.